The highest BCUT2D eigenvalue weighted by molar-refractivity contribution is 5.05. The van der Waals surface area contributed by atoms with Crippen LogP contribution in [0.25, 0.3) is 0 Å². The quantitative estimate of drug-likeness (QED) is 0.750. The minimum Gasteiger partial charge on any atom is -0.461 e. The first-order valence-corrected chi connectivity index (χ1v) is 5.14. The minimum atomic E-state index is -0.0749. The van der Waals surface area contributed by atoms with Crippen molar-refractivity contribution >= 4 is 0 Å². The van der Waals surface area contributed by atoms with Gasteiger partial charge in [0.15, 0.2) is 0 Å². The Morgan fingerprint density at radius 2 is 2.13 bits per heavy atom. The fraction of sp³-hybridized carbons (Fsp3) is 0.636. The average Bonchev–Trinajstić information content (AvgIpc) is 2.71. The van der Waals surface area contributed by atoms with Gasteiger partial charge in [-0.05, 0) is 26.0 Å². The average molecular weight is 214 g/mol. The van der Waals surface area contributed by atoms with E-state index in [1.54, 1.807) is 12.1 Å². The summed E-state index contributed by atoms with van der Waals surface area (Å²) >= 11 is 0. The number of hydrogen-bond acceptors (Lipinski definition) is 4. The lowest BCUT2D eigenvalue weighted by atomic mass is 10.4. The molecule has 0 aliphatic carbocycles. The molecule has 0 radical (unpaired) electrons. The third-order valence-electron chi connectivity index (χ3n) is 1.94. The van der Waals surface area contributed by atoms with Crippen molar-refractivity contribution in [1.29, 1.82) is 0 Å². The molecule has 1 unspecified atom stereocenters. The van der Waals surface area contributed by atoms with Gasteiger partial charge in [-0.1, -0.05) is 0 Å². The predicted molar refractivity (Wildman–Crippen MR) is 55.4 cm³/mol. The number of furan rings is 1. The van der Waals surface area contributed by atoms with Crippen LogP contribution in [0.15, 0.2) is 16.5 Å². The molecule has 1 atom stereocenters. The molecule has 1 rings (SSSR count). The zero-order valence-corrected chi connectivity index (χ0v) is 9.23. The monoisotopic (exact) mass is 214 g/mol. The van der Waals surface area contributed by atoms with Gasteiger partial charge in [-0.2, -0.15) is 0 Å². The Labute approximate surface area is 89.8 Å². The molecule has 1 aromatic heterocycles. The molecule has 1 heterocycles. The molecule has 0 aliphatic heterocycles. The smallest absolute Gasteiger partial charge is 0.130 e. The highest BCUT2D eigenvalue weighted by Gasteiger charge is 2.05. The molecule has 0 aromatic carbocycles. The lowest BCUT2D eigenvalue weighted by Crippen LogP contribution is -2.15. The van der Waals surface area contributed by atoms with E-state index >= 15 is 0 Å². The maximum absolute atomic E-state index is 8.79. The second-order valence-electron chi connectivity index (χ2n) is 3.31. The second kappa shape index (κ2) is 6.61. The molecule has 0 aliphatic rings. The van der Waals surface area contributed by atoms with Gasteiger partial charge in [0.05, 0.1) is 12.7 Å². The molecule has 0 saturated heterocycles. The molecule has 1 aromatic rings. The highest BCUT2D eigenvalue weighted by Crippen LogP contribution is 2.09. The van der Waals surface area contributed by atoms with E-state index in [4.69, 9.17) is 19.0 Å². The van der Waals surface area contributed by atoms with Gasteiger partial charge in [-0.3, -0.25) is 0 Å². The summed E-state index contributed by atoms with van der Waals surface area (Å²) in [7, 11) is 0. The molecule has 0 amide bonds. The summed E-state index contributed by atoms with van der Waals surface area (Å²) in [4.78, 5) is 0. The van der Waals surface area contributed by atoms with E-state index in [1.807, 2.05) is 13.8 Å². The van der Waals surface area contributed by atoms with Crippen molar-refractivity contribution in [2.75, 3.05) is 13.2 Å². The largest absolute Gasteiger partial charge is 0.461 e. The lowest BCUT2D eigenvalue weighted by Gasteiger charge is -2.11. The number of rotatable bonds is 7. The van der Waals surface area contributed by atoms with Gasteiger partial charge in [0.25, 0.3) is 0 Å². The van der Waals surface area contributed by atoms with Crippen LogP contribution in [0.1, 0.15) is 25.4 Å². The molecular weight excluding hydrogens is 196 g/mol. The highest BCUT2D eigenvalue weighted by atomic mass is 16.5. The first-order chi connectivity index (χ1) is 7.26. The van der Waals surface area contributed by atoms with Crippen LogP contribution in [0.5, 0.6) is 0 Å². The van der Waals surface area contributed by atoms with E-state index in [0.29, 0.717) is 25.6 Å². The molecule has 4 nitrogen and oxygen atoms in total. The van der Waals surface area contributed by atoms with Crippen molar-refractivity contribution < 1.29 is 19.0 Å². The van der Waals surface area contributed by atoms with Crippen molar-refractivity contribution in [3.8, 4) is 0 Å². The molecule has 0 fully saturated rings. The molecule has 1 N–H and O–H groups in total. The van der Waals surface area contributed by atoms with Crippen molar-refractivity contribution in [3.63, 3.8) is 0 Å². The maximum Gasteiger partial charge on any atom is 0.130 e. The Kier molecular flexibility index (Phi) is 5.39. The first kappa shape index (κ1) is 12.2. The summed E-state index contributed by atoms with van der Waals surface area (Å²) in [5.41, 5.74) is 0. The van der Waals surface area contributed by atoms with Gasteiger partial charge in [0.2, 0.25) is 0 Å². The Morgan fingerprint density at radius 3 is 2.73 bits per heavy atom. The molecule has 15 heavy (non-hydrogen) atoms. The summed E-state index contributed by atoms with van der Waals surface area (Å²) in [5.74, 6) is 1.29. The van der Waals surface area contributed by atoms with Crippen molar-refractivity contribution in [1.82, 2.24) is 0 Å². The maximum atomic E-state index is 8.79. The van der Waals surface area contributed by atoms with Crippen LogP contribution in [-0.4, -0.2) is 24.4 Å². The third kappa shape index (κ3) is 4.46. The molecule has 0 bridgehead atoms. The predicted octanol–water partition coefficient (Wildman–Crippen LogP) is 1.71. The normalized spacial score (nSPS) is 13.0. The van der Waals surface area contributed by atoms with Gasteiger partial charge >= 0.3 is 0 Å². The van der Waals surface area contributed by atoms with Crippen LogP contribution in [0.3, 0.4) is 0 Å². The van der Waals surface area contributed by atoms with Crippen LogP contribution in [0, 0.1) is 0 Å². The van der Waals surface area contributed by atoms with Crippen LogP contribution in [0.4, 0.5) is 0 Å². The van der Waals surface area contributed by atoms with Crippen LogP contribution in [0.2, 0.25) is 0 Å². The van der Waals surface area contributed by atoms with Crippen LogP contribution < -0.4 is 0 Å². The standard InChI is InChI=1S/C11H18O4/c1-3-13-7-9(2)14-8-11-5-4-10(6-12)15-11/h4-5,9,12H,3,6-8H2,1-2H3. The Bertz CT molecular complexity index is 269. The Morgan fingerprint density at radius 1 is 1.40 bits per heavy atom. The summed E-state index contributed by atoms with van der Waals surface area (Å²) in [6.45, 7) is 5.52. The van der Waals surface area contributed by atoms with Crippen LogP contribution >= 0.6 is 0 Å². The molecular formula is C11H18O4. The van der Waals surface area contributed by atoms with E-state index in [9.17, 15) is 0 Å². The van der Waals surface area contributed by atoms with Crippen LogP contribution in [-0.2, 0) is 22.7 Å². The number of hydrogen-bond donors (Lipinski definition) is 1. The van der Waals surface area contributed by atoms with Gasteiger partial charge in [-0.25, -0.2) is 0 Å². The number of aliphatic hydroxyl groups excluding tert-OH is 1. The topological polar surface area (TPSA) is 51.8 Å². The zero-order valence-electron chi connectivity index (χ0n) is 9.23. The molecule has 86 valence electrons. The fourth-order valence-corrected chi connectivity index (χ4v) is 1.14. The summed E-state index contributed by atoms with van der Waals surface area (Å²) in [6.07, 6.45) is 0.0487. The van der Waals surface area contributed by atoms with Gasteiger partial charge in [0.1, 0.15) is 24.7 Å². The first-order valence-electron chi connectivity index (χ1n) is 5.14. The summed E-state index contributed by atoms with van der Waals surface area (Å²) in [5, 5.41) is 8.79. The fourth-order valence-electron chi connectivity index (χ4n) is 1.14. The van der Waals surface area contributed by atoms with E-state index < -0.39 is 0 Å². The SMILES string of the molecule is CCOCC(C)OCc1ccc(CO)o1. The van der Waals surface area contributed by atoms with Crippen molar-refractivity contribution in [2.45, 2.75) is 33.2 Å². The van der Waals surface area contributed by atoms with Gasteiger partial charge in [0, 0.05) is 6.61 Å². The second-order valence-corrected chi connectivity index (χ2v) is 3.31. The third-order valence-corrected chi connectivity index (χ3v) is 1.94. The number of aliphatic hydroxyl groups is 1. The van der Waals surface area contributed by atoms with Crippen molar-refractivity contribution in [2.24, 2.45) is 0 Å². The zero-order chi connectivity index (χ0) is 11.1. The van der Waals surface area contributed by atoms with E-state index in [0.717, 1.165) is 5.76 Å². The lowest BCUT2D eigenvalue weighted by molar-refractivity contribution is -0.0175. The molecule has 0 spiro atoms. The van der Waals surface area contributed by atoms with Gasteiger partial charge in [-0.15, -0.1) is 0 Å². The summed E-state index contributed by atoms with van der Waals surface area (Å²) < 4.78 is 16.0. The van der Waals surface area contributed by atoms with Crippen molar-refractivity contribution in [3.05, 3.63) is 23.7 Å². The van der Waals surface area contributed by atoms with E-state index in [2.05, 4.69) is 0 Å². The molecule has 4 heteroatoms. The minimum absolute atomic E-state index is 0.0487. The molecule has 0 saturated carbocycles. The summed E-state index contributed by atoms with van der Waals surface area (Å²) in [6, 6.07) is 3.55. The van der Waals surface area contributed by atoms with Gasteiger partial charge < -0.3 is 19.0 Å². The Hall–Kier alpha value is -0.840. The van der Waals surface area contributed by atoms with E-state index in [-0.39, 0.29) is 12.7 Å². The Balaban J connectivity index is 2.24. The number of ether oxygens (including phenoxy) is 2. The van der Waals surface area contributed by atoms with E-state index in [1.165, 1.54) is 0 Å².